The van der Waals surface area contributed by atoms with Crippen LogP contribution in [0.1, 0.15) is 52.4 Å². The fourth-order valence-corrected chi connectivity index (χ4v) is 6.60. The smallest absolute Gasteiger partial charge is 0.338 e. The SMILES string of the molecule is CCOC(=O)c1ccc2c(c1)C1(CN(C[C@H]3OC(=C=O)N4Cc5ccccc5C[C@@H]34)C2=C=O)CC(F)(F)C1. The van der Waals surface area contributed by atoms with Gasteiger partial charge in [0.2, 0.25) is 5.92 Å². The van der Waals surface area contributed by atoms with Crippen molar-refractivity contribution in [2.75, 3.05) is 19.7 Å². The largest absolute Gasteiger partial charge is 0.464 e. The van der Waals surface area contributed by atoms with Crippen molar-refractivity contribution in [2.24, 2.45) is 0 Å². The summed E-state index contributed by atoms with van der Waals surface area (Å²) in [4.78, 5) is 40.0. The molecule has 0 aromatic heterocycles. The third-order valence-electron chi connectivity index (χ3n) is 8.19. The second kappa shape index (κ2) is 8.83. The van der Waals surface area contributed by atoms with Crippen LogP contribution in [0.2, 0.25) is 0 Å². The van der Waals surface area contributed by atoms with Crippen LogP contribution in [0.5, 0.6) is 0 Å². The van der Waals surface area contributed by atoms with Crippen LogP contribution in [-0.2, 0) is 37.4 Å². The van der Waals surface area contributed by atoms with E-state index >= 15 is 0 Å². The molecule has 3 aliphatic heterocycles. The maximum absolute atomic E-state index is 14.3. The Hall–Kier alpha value is -3.93. The average molecular weight is 521 g/mol. The lowest BCUT2D eigenvalue weighted by Gasteiger charge is -2.54. The van der Waals surface area contributed by atoms with Crippen LogP contribution in [0.4, 0.5) is 8.78 Å². The number of fused-ring (bicyclic) bond motifs is 4. The van der Waals surface area contributed by atoms with Crippen LogP contribution in [0.15, 0.2) is 48.3 Å². The van der Waals surface area contributed by atoms with E-state index in [1.54, 1.807) is 30.0 Å². The van der Waals surface area contributed by atoms with Gasteiger partial charge in [0.15, 0.2) is 11.9 Å². The maximum atomic E-state index is 14.3. The molecule has 1 saturated carbocycles. The van der Waals surface area contributed by atoms with Crippen LogP contribution in [0.3, 0.4) is 0 Å². The minimum Gasteiger partial charge on any atom is -0.464 e. The number of alkyl halides is 2. The van der Waals surface area contributed by atoms with Gasteiger partial charge in [0, 0.05) is 36.9 Å². The molecule has 2 atom stereocenters. The number of rotatable bonds is 4. The molecule has 7 nitrogen and oxygen atoms in total. The van der Waals surface area contributed by atoms with Gasteiger partial charge in [-0.05, 0) is 42.2 Å². The summed E-state index contributed by atoms with van der Waals surface area (Å²) in [6.45, 7) is 2.75. The van der Waals surface area contributed by atoms with Gasteiger partial charge in [0.05, 0.1) is 24.8 Å². The van der Waals surface area contributed by atoms with Gasteiger partial charge in [-0.3, -0.25) is 0 Å². The molecule has 38 heavy (non-hydrogen) atoms. The lowest BCUT2D eigenvalue weighted by atomic mass is 9.59. The number of ether oxygens (including phenoxy) is 2. The van der Waals surface area contributed by atoms with Crippen molar-refractivity contribution in [3.8, 4) is 0 Å². The summed E-state index contributed by atoms with van der Waals surface area (Å²) in [5.41, 5.74) is 2.83. The summed E-state index contributed by atoms with van der Waals surface area (Å²) in [5.74, 6) is 0.653. The number of nitrogens with zero attached hydrogens (tertiary/aromatic N) is 2. The number of halogens is 2. The molecule has 6 rings (SSSR count). The molecule has 4 aliphatic rings. The van der Waals surface area contributed by atoms with E-state index < -0.39 is 36.3 Å². The zero-order chi connectivity index (χ0) is 26.7. The quantitative estimate of drug-likeness (QED) is 0.451. The summed E-state index contributed by atoms with van der Waals surface area (Å²) >= 11 is 0. The number of hydrogen-bond donors (Lipinski definition) is 0. The summed E-state index contributed by atoms with van der Waals surface area (Å²) in [6, 6.07) is 12.6. The highest BCUT2D eigenvalue weighted by atomic mass is 19.3. The molecule has 9 heteroatoms. The highest BCUT2D eigenvalue weighted by molar-refractivity contribution is 5.93. The van der Waals surface area contributed by atoms with E-state index in [2.05, 4.69) is 0 Å². The Kier molecular flexibility index (Phi) is 5.67. The average Bonchev–Trinajstić information content (AvgIpc) is 3.22. The normalized spacial score (nSPS) is 23.9. The number of benzene rings is 2. The zero-order valence-electron chi connectivity index (χ0n) is 20.8. The molecule has 0 amide bonds. The van der Waals surface area contributed by atoms with E-state index in [1.807, 2.05) is 41.0 Å². The summed E-state index contributed by atoms with van der Waals surface area (Å²) < 4.78 is 39.8. The molecule has 3 heterocycles. The van der Waals surface area contributed by atoms with Crippen LogP contribution < -0.4 is 0 Å². The van der Waals surface area contributed by atoms with Crippen molar-refractivity contribution in [2.45, 2.75) is 56.2 Å². The van der Waals surface area contributed by atoms with Crippen molar-refractivity contribution in [1.82, 2.24) is 9.80 Å². The van der Waals surface area contributed by atoms with Gasteiger partial charge in [0.25, 0.3) is 5.88 Å². The van der Waals surface area contributed by atoms with Gasteiger partial charge in [0.1, 0.15) is 11.8 Å². The van der Waals surface area contributed by atoms with Crippen LogP contribution in [0.25, 0.3) is 5.70 Å². The highest BCUT2D eigenvalue weighted by Gasteiger charge is 2.60. The molecule has 0 bridgehead atoms. The number of carbonyl (C=O) groups is 1. The Bertz CT molecular complexity index is 1420. The lowest BCUT2D eigenvalue weighted by Crippen LogP contribution is -2.59. The molecule has 1 aliphatic carbocycles. The van der Waals surface area contributed by atoms with Gasteiger partial charge in [-0.25, -0.2) is 23.2 Å². The summed E-state index contributed by atoms with van der Waals surface area (Å²) in [5, 5.41) is 0. The Morgan fingerprint density at radius 1 is 1.13 bits per heavy atom. The van der Waals surface area contributed by atoms with E-state index in [1.165, 1.54) is 0 Å². The fraction of sp³-hybridized carbons (Fsp3) is 0.414. The van der Waals surface area contributed by atoms with Crippen LogP contribution >= 0.6 is 0 Å². The lowest BCUT2D eigenvalue weighted by molar-refractivity contribution is -0.133. The van der Waals surface area contributed by atoms with Crippen molar-refractivity contribution in [1.29, 1.82) is 0 Å². The molecule has 1 saturated heterocycles. The molecular formula is C29H26F2N2O5. The molecule has 0 unspecified atom stereocenters. The molecule has 196 valence electrons. The minimum atomic E-state index is -2.84. The van der Waals surface area contributed by atoms with Gasteiger partial charge >= 0.3 is 5.97 Å². The second-order valence-electron chi connectivity index (χ2n) is 10.5. The Labute approximate surface area is 218 Å². The Morgan fingerprint density at radius 2 is 1.89 bits per heavy atom. The molecule has 2 aromatic rings. The second-order valence-corrected chi connectivity index (χ2v) is 10.5. The fourth-order valence-electron chi connectivity index (χ4n) is 6.60. The standard InChI is InChI=1S/C29H26F2N2O5/c1-2-37-27(36)19-7-8-21-22(9-19)28(15-29(30,31)16-28)17-32(24(21)13-34)12-25-23-10-18-5-3-4-6-20(18)11-33(23)26(14-35)38-25/h3-9,23,25H,2,10-12,15-17H2,1H3/t23-,25+/m0/s1. The van der Waals surface area contributed by atoms with Gasteiger partial charge in [-0.1, -0.05) is 30.3 Å². The first-order chi connectivity index (χ1) is 18.3. The predicted octanol–water partition coefficient (Wildman–Crippen LogP) is 3.52. The van der Waals surface area contributed by atoms with Crippen molar-refractivity contribution < 1.29 is 32.6 Å². The number of carbonyl (C=O) groups excluding carboxylic acids is 3. The van der Waals surface area contributed by atoms with Crippen molar-refractivity contribution in [3.05, 3.63) is 76.2 Å². The maximum Gasteiger partial charge on any atom is 0.338 e. The van der Waals surface area contributed by atoms with E-state index in [0.717, 1.165) is 11.1 Å². The van der Waals surface area contributed by atoms with Gasteiger partial charge in [-0.2, -0.15) is 0 Å². The first kappa shape index (κ1) is 24.4. The molecule has 0 radical (unpaired) electrons. The van der Waals surface area contributed by atoms with Crippen LogP contribution in [0, 0.1) is 0 Å². The minimum absolute atomic E-state index is 0.118. The van der Waals surface area contributed by atoms with Crippen molar-refractivity contribution in [3.63, 3.8) is 0 Å². The molecule has 0 N–H and O–H groups in total. The third kappa shape index (κ3) is 3.82. The van der Waals surface area contributed by atoms with Gasteiger partial charge in [-0.15, -0.1) is 0 Å². The molecule has 2 fully saturated rings. The third-order valence-corrected chi connectivity index (χ3v) is 8.19. The monoisotopic (exact) mass is 520 g/mol. The topological polar surface area (TPSA) is 76.2 Å². The first-order valence-electron chi connectivity index (χ1n) is 12.7. The Morgan fingerprint density at radius 3 is 2.58 bits per heavy atom. The van der Waals surface area contributed by atoms with Gasteiger partial charge < -0.3 is 19.3 Å². The number of hydrogen-bond acceptors (Lipinski definition) is 7. The predicted molar refractivity (Wildman–Crippen MR) is 132 cm³/mol. The van der Waals surface area contributed by atoms with E-state index in [9.17, 15) is 23.2 Å². The zero-order valence-corrected chi connectivity index (χ0v) is 20.8. The molecule has 2 aromatic carbocycles. The molecule has 1 spiro atoms. The highest BCUT2D eigenvalue weighted by Crippen LogP contribution is 2.57. The number of esters is 1. The molecular weight excluding hydrogens is 494 g/mol. The van der Waals surface area contributed by atoms with Crippen LogP contribution in [-0.4, -0.2) is 65.4 Å². The summed E-state index contributed by atoms with van der Waals surface area (Å²) in [6.07, 6.45) is -0.629. The summed E-state index contributed by atoms with van der Waals surface area (Å²) in [7, 11) is 0. The van der Waals surface area contributed by atoms with E-state index in [-0.39, 0.29) is 42.9 Å². The first-order valence-corrected chi connectivity index (χ1v) is 12.7. The van der Waals surface area contributed by atoms with Crippen molar-refractivity contribution >= 4 is 23.5 Å². The Balaban J connectivity index is 1.35. The van der Waals surface area contributed by atoms with E-state index in [0.29, 0.717) is 24.1 Å². The van der Waals surface area contributed by atoms with E-state index in [4.69, 9.17) is 9.47 Å².